The van der Waals surface area contributed by atoms with Gasteiger partial charge in [-0.1, -0.05) is 0 Å². The van der Waals surface area contributed by atoms with Gasteiger partial charge in [0, 0.05) is 54.5 Å². The monoisotopic (exact) mass is 370 g/mol. The van der Waals surface area contributed by atoms with Crippen LogP contribution in [-0.2, 0) is 0 Å². The number of nitro benzene ring substituents is 1. The molecule has 1 aliphatic heterocycles. The van der Waals surface area contributed by atoms with Gasteiger partial charge in [0.2, 0.25) is 0 Å². The highest BCUT2D eigenvalue weighted by molar-refractivity contribution is 9.10. The lowest BCUT2D eigenvalue weighted by Crippen LogP contribution is -2.41. The summed E-state index contributed by atoms with van der Waals surface area (Å²) in [6.07, 6.45) is 2.19. The van der Waals surface area contributed by atoms with E-state index in [1.54, 1.807) is 18.2 Å². The molecule has 1 aliphatic rings. The van der Waals surface area contributed by atoms with Gasteiger partial charge in [-0.05, 0) is 48.9 Å². The van der Waals surface area contributed by atoms with Crippen LogP contribution < -0.4 is 5.32 Å². The number of hydrogen-bond donors (Lipinski definition) is 1. The van der Waals surface area contributed by atoms with Crippen molar-refractivity contribution in [2.24, 2.45) is 0 Å². The van der Waals surface area contributed by atoms with E-state index in [-0.39, 0.29) is 10.6 Å². The second-order valence-corrected chi connectivity index (χ2v) is 6.84. The second-order valence-electron chi connectivity index (χ2n) is 5.98. The van der Waals surface area contributed by atoms with E-state index >= 15 is 0 Å². The van der Waals surface area contributed by atoms with Gasteiger partial charge in [0.25, 0.3) is 5.69 Å². The van der Waals surface area contributed by atoms with Gasteiger partial charge < -0.3 is 15.1 Å². The molecule has 0 radical (unpaired) electrons. The van der Waals surface area contributed by atoms with Crippen LogP contribution in [0, 0.1) is 10.1 Å². The normalized spacial score (nSPS) is 16.9. The minimum Gasteiger partial charge on any atom is -0.381 e. The summed E-state index contributed by atoms with van der Waals surface area (Å²) < 4.78 is 0.747. The molecule has 0 unspecified atom stereocenters. The third-order valence-electron chi connectivity index (χ3n) is 3.97. The van der Waals surface area contributed by atoms with Crippen molar-refractivity contribution in [1.82, 2.24) is 9.80 Å². The molecule has 0 bridgehead atoms. The Balaban J connectivity index is 1.84. The highest BCUT2D eigenvalue weighted by Crippen LogP contribution is 2.28. The minimum atomic E-state index is -0.377. The number of likely N-dealkylation sites (tertiary alicyclic amines) is 1. The van der Waals surface area contributed by atoms with Crippen LogP contribution >= 0.6 is 15.9 Å². The van der Waals surface area contributed by atoms with E-state index in [1.807, 2.05) is 0 Å². The van der Waals surface area contributed by atoms with Gasteiger partial charge in [-0.25, -0.2) is 0 Å². The number of non-ortho nitro benzene ring substituents is 1. The van der Waals surface area contributed by atoms with Crippen molar-refractivity contribution in [2.45, 2.75) is 18.9 Å². The van der Waals surface area contributed by atoms with Gasteiger partial charge in [-0.15, -0.1) is 0 Å². The Morgan fingerprint density at radius 3 is 2.64 bits per heavy atom. The van der Waals surface area contributed by atoms with Gasteiger partial charge >= 0.3 is 0 Å². The maximum atomic E-state index is 10.8. The fourth-order valence-corrected chi connectivity index (χ4v) is 3.08. The molecule has 1 aromatic rings. The zero-order valence-electron chi connectivity index (χ0n) is 13.1. The molecule has 1 saturated heterocycles. The Kier molecular flexibility index (Phi) is 6.16. The number of anilines is 1. The summed E-state index contributed by atoms with van der Waals surface area (Å²) in [6.45, 7) is 4.39. The predicted molar refractivity (Wildman–Crippen MR) is 92.4 cm³/mol. The van der Waals surface area contributed by atoms with E-state index in [0.717, 1.165) is 49.2 Å². The van der Waals surface area contributed by atoms with Gasteiger partial charge in [-0.3, -0.25) is 10.1 Å². The Morgan fingerprint density at radius 1 is 1.41 bits per heavy atom. The highest BCUT2D eigenvalue weighted by Gasteiger charge is 2.20. The average molecular weight is 371 g/mol. The number of rotatable bonds is 6. The number of piperidine rings is 1. The van der Waals surface area contributed by atoms with Crippen molar-refractivity contribution in [1.29, 1.82) is 0 Å². The van der Waals surface area contributed by atoms with Crippen LogP contribution in [0.4, 0.5) is 11.4 Å². The Labute approximate surface area is 139 Å². The van der Waals surface area contributed by atoms with Gasteiger partial charge in [-0.2, -0.15) is 0 Å². The van der Waals surface area contributed by atoms with E-state index < -0.39 is 0 Å². The number of nitrogens with zero attached hydrogens (tertiary/aromatic N) is 3. The molecule has 22 heavy (non-hydrogen) atoms. The molecule has 1 N–H and O–H groups in total. The van der Waals surface area contributed by atoms with Gasteiger partial charge in [0.05, 0.1) is 4.92 Å². The summed E-state index contributed by atoms with van der Waals surface area (Å²) in [5.74, 6) is 0. The topological polar surface area (TPSA) is 61.6 Å². The predicted octanol–water partition coefficient (Wildman–Crippen LogP) is 2.80. The smallest absolute Gasteiger partial charge is 0.270 e. The summed E-state index contributed by atoms with van der Waals surface area (Å²) >= 11 is 3.41. The molecule has 7 heteroatoms. The lowest BCUT2D eigenvalue weighted by Gasteiger charge is -2.33. The third-order valence-corrected chi connectivity index (χ3v) is 4.63. The molecular weight excluding hydrogens is 348 g/mol. The summed E-state index contributed by atoms with van der Waals surface area (Å²) in [4.78, 5) is 15.1. The summed E-state index contributed by atoms with van der Waals surface area (Å²) in [7, 11) is 4.20. The first-order chi connectivity index (χ1) is 10.5. The molecule has 0 aliphatic carbocycles. The lowest BCUT2D eigenvalue weighted by molar-refractivity contribution is -0.384. The quantitative estimate of drug-likeness (QED) is 0.616. The van der Waals surface area contributed by atoms with Crippen molar-refractivity contribution in [3.05, 3.63) is 32.8 Å². The lowest BCUT2D eigenvalue weighted by atomic mass is 10.0. The maximum absolute atomic E-state index is 10.8. The molecular formula is C15H23BrN4O2. The number of nitro groups is 1. The fourth-order valence-electron chi connectivity index (χ4n) is 2.60. The summed E-state index contributed by atoms with van der Waals surface area (Å²) in [5, 5.41) is 14.2. The van der Waals surface area contributed by atoms with E-state index in [4.69, 9.17) is 0 Å². The van der Waals surface area contributed by atoms with Gasteiger partial charge in [0.15, 0.2) is 0 Å². The number of hydrogen-bond acceptors (Lipinski definition) is 5. The van der Waals surface area contributed by atoms with Gasteiger partial charge in [0.1, 0.15) is 0 Å². The Morgan fingerprint density at radius 2 is 2.09 bits per heavy atom. The van der Waals surface area contributed by atoms with Crippen molar-refractivity contribution in [3.8, 4) is 0 Å². The first kappa shape index (κ1) is 17.2. The minimum absolute atomic E-state index is 0.107. The molecule has 6 nitrogen and oxygen atoms in total. The van der Waals surface area contributed by atoms with Crippen molar-refractivity contribution < 1.29 is 4.92 Å². The van der Waals surface area contributed by atoms with Crippen LogP contribution in [0.5, 0.6) is 0 Å². The maximum Gasteiger partial charge on any atom is 0.270 e. The van der Waals surface area contributed by atoms with Crippen LogP contribution in [0.3, 0.4) is 0 Å². The van der Waals surface area contributed by atoms with Crippen molar-refractivity contribution in [2.75, 3.05) is 45.6 Å². The molecule has 2 rings (SSSR count). The van der Waals surface area contributed by atoms with Crippen LogP contribution in [0.1, 0.15) is 12.8 Å². The molecule has 0 saturated carbocycles. The van der Waals surface area contributed by atoms with E-state index in [1.165, 1.54) is 0 Å². The number of likely N-dealkylation sites (N-methyl/N-ethyl adjacent to an activating group) is 1. The number of nitrogens with one attached hydrogen (secondary N) is 1. The highest BCUT2D eigenvalue weighted by atomic mass is 79.9. The molecule has 1 fully saturated rings. The summed E-state index contributed by atoms with van der Waals surface area (Å²) in [5.41, 5.74) is 1.04. The first-order valence-electron chi connectivity index (χ1n) is 7.53. The van der Waals surface area contributed by atoms with Crippen molar-refractivity contribution in [3.63, 3.8) is 0 Å². The standard InChI is InChI=1S/C15H23BrN4O2/c1-18(2)9-10-19-7-5-12(6-8-19)17-15-4-3-13(20(21)22)11-14(15)16/h3-4,11-12,17H,5-10H2,1-2H3. The molecule has 122 valence electrons. The third kappa shape index (κ3) is 4.93. The molecule has 0 atom stereocenters. The van der Waals surface area contributed by atoms with E-state index in [9.17, 15) is 10.1 Å². The largest absolute Gasteiger partial charge is 0.381 e. The molecule has 1 heterocycles. The molecule has 0 aromatic heterocycles. The second kappa shape index (κ2) is 7.89. The van der Waals surface area contributed by atoms with Crippen molar-refractivity contribution >= 4 is 27.3 Å². The Bertz CT molecular complexity index is 516. The van der Waals surface area contributed by atoms with Crippen LogP contribution in [-0.4, -0.2) is 61.0 Å². The molecule has 0 amide bonds. The SMILES string of the molecule is CN(C)CCN1CCC(Nc2ccc([N+](=O)[O-])cc2Br)CC1. The van der Waals surface area contributed by atoms with Crippen LogP contribution in [0.15, 0.2) is 22.7 Å². The molecule has 1 aromatic carbocycles. The molecule has 0 spiro atoms. The Hall–Kier alpha value is -1.18. The number of benzene rings is 1. The summed E-state index contributed by atoms with van der Waals surface area (Å²) in [6, 6.07) is 5.29. The number of halogens is 1. The zero-order chi connectivity index (χ0) is 16.1. The average Bonchev–Trinajstić information content (AvgIpc) is 2.48. The fraction of sp³-hybridized carbons (Fsp3) is 0.600. The van der Waals surface area contributed by atoms with Crippen LogP contribution in [0.2, 0.25) is 0 Å². The zero-order valence-corrected chi connectivity index (χ0v) is 14.7. The van der Waals surface area contributed by atoms with Crippen LogP contribution in [0.25, 0.3) is 0 Å². The first-order valence-corrected chi connectivity index (χ1v) is 8.32. The van der Waals surface area contributed by atoms with E-state index in [2.05, 4.69) is 45.1 Å². The van der Waals surface area contributed by atoms with E-state index in [0.29, 0.717) is 6.04 Å².